The first-order valence-corrected chi connectivity index (χ1v) is 7.43. The van der Waals surface area contributed by atoms with Crippen LogP contribution >= 0.6 is 15.9 Å². The van der Waals surface area contributed by atoms with Crippen molar-refractivity contribution in [1.29, 1.82) is 0 Å². The van der Waals surface area contributed by atoms with Gasteiger partial charge in [0.15, 0.2) is 0 Å². The van der Waals surface area contributed by atoms with Gasteiger partial charge >= 0.3 is 0 Å². The van der Waals surface area contributed by atoms with Crippen LogP contribution in [0, 0.1) is 0 Å². The van der Waals surface area contributed by atoms with E-state index in [1.165, 1.54) is 0 Å². The minimum absolute atomic E-state index is 0.279. The van der Waals surface area contributed by atoms with Gasteiger partial charge in [0.1, 0.15) is 10.8 Å². The summed E-state index contributed by atoms with van der Waals surface area (Å²) in [5.41, 5.74) is 0.717. The number of rotatable bonds is 2. The Hall–Kier alpha value is -1.66. The van der Waals surface area contributed by atoms with Crippen LogP contribution in [0.4, 0.5) is 0 Å². The fraction of sp³-hybridized carbons (Fsp3) is 0. The third-order valence-electron chi connectivity index (χ3n) is 2.56. The average Bonchev–Trinajstić information content (AvgIpc) is 2.47. The van der Waals surface area contributed by atoms with Crippen molar-refractivity contribution in [2.45, 2.75) is 10.1 Å². The van der Waals surface area contributed by atoms with Crippen molar-refractivity contribution in [2.75, 3.05) is 0 Å². The molecular formula is C13H8BrN3OS. The first kappa shape index (κ1) is 12.4. The van der Waals surface area contributed by atoms with E-state index < -0.39 is 10.8 Å². The van der Waals surface area contributed by atoms with Gasteiger partial charge in [-0.05, 0) is 28.1 Å². The van der Waals surface area contributed by atoms with Crippen molar-refractivity contribution in [1.82, 2.24) is 15.0 Å². The van der Waals surface area contributed by atoms with Crippen molar-refractivity contribution in [2.24, 2.45) is 0 Å². The highest BCUT2D eigenvalue weighted by atomic mass is 79.9. The summed E-state index contributed by atoms with van der Waals surface area (Å²) in [7, 11) is -1.44. The van der Waals surface area contributed by atoms with E-state index in [4.69, 9.17) is 0 Å². The van der Waals surface area contributed by atoms with Crippen molar-refractivity contribution in [3.63, 3.8) is 0 Å². The molecule has 0 amide bonds. The lowest BCUT2D eigenvalue weighted by molar-refractivity contribution is 0.676. The summed E-state index contributed by atoms with van der Waals surface area (Å²) in [6.45, 7) is 0. The maximum atomic E-state index is 12.5. The Balaban J connectivity index is 2.14. The van der Waals surface area contributed by atoms with Crippen molar-refractivity contribution in [3.05, 3.63) is 53.4 Å². The molecule has 0 radical (unpaired) electrons. The second kappa shape index (κ2) is 5.14. The van der Waals surface area contributed by atoms with E-state index in [9.17, 15) is 4.21 Å². The SMILES string of the molecule is O=S(c1ncc(Br)cn1)c1cccc2cccnc12. The van der Waals surface area contributed by atoms with Crippen LogP contribution in [0.5, 0.6) is 0 Å². The summed E-state index contributed by atoms with van der Waals surface area (Å²) < 4.78 is 13.3. The van der Waals surface area contributed by atoms with Crippen LogP contribution in [-0.2, 0) is 10.8 Å². The van der Waals surface area contributed by atoms with Gasteiger partial charge in [0.2, 0.25) is 5.16 Å². The minimum Gasteiger partial charge on any atom is -0.255 e. The molecule has 0 saturated carbocycles. The average molecular weight is 334 g/mol. The van der Waals surface area contributed by atoms with E-state index >= 15 is 0 Å². The van der Waals surface area contributed by atoms with Crippen LogP contribution in [0.25, 0.3) is 10.9 Å². The lowest BCUT2D eigenvalue weighted by Gasteiger charge is -2.04. The predicted octanol–water partition coefficient (Wildman–Crippen LogP) is 2.95. The van der Waals surface area contributed by atoms with E-state index in [1.54, 1.807) is 24.7 Å². The van der Waals surface area contributed by atoms with Crippen LogP contribution in [0.1, 0.15) is 0 Å². The number of para-hydroxylation sites is 1. The normalized spacial score (nSPS) is 12.5. The first-order valence-electron chi connectivity index (χ1n) is 5.49. The molecule has 6 heteroatoms. The van der Waals surface area contributed by atoms with Crippen molar-refractivity contribution >= 4 is 37.6 Å². The van der Waals surface area contributed by atoms with Crippen molar-refractivity contribution < 1.29 is 4.21 Å². The summed E-state index contributed by atoms with van der Waals surface area (Å²) in [6, 6.07) is 9.37. The van der Waals surface area contributed by atoms with Gasteiger partial charge < -0.3 is 0 Å². The fourth-order valence-corrected chi connectivity index (χ4v) is 2.97. The van der Waals surface area contributed by atoms with Crippen LogP contribution in [0.2, 0.25) is 0 Å². The van der Waals surface area contributed by atoms with Gasteiger partial charge in [-0.2, -0.15) is 0 Å². The molecule has 4 nitrogen and oxygen atoms in total. The van der Waals surface area contributed by atoms with Gasteiger partial charge in [-0.3, -0.25) is 4.98 Å². The number of benzene rings is 1. The number of halogens is 1. The smallest absolute Gasteiger partial charge is 0.223 e. The highest BCUT2D eigenvalue weighted by molar-refractivity contribution is 9.10. The number of hydrogen-bond acceptors (Lipinski definition) is 4. The lowest BCUT2D eigenvalue weighted by atomic mass is 10.2. The van der Waals surface area contributed by atoms with Crippen molar-refractivity contribution in [3.8, 4) is 0 Å². The zero-order chi connectivity index (χ0) is 13.2. The molecule has 3 aromatic rings. The van der Waals surface area contributed by atoms with Gasteiger partial charge in [0.05, 0.1) is 14.9 Å². The molecular weight excluding hydrogens is 326 g/mol. The van der Waals surface area contributed by atoms with Crippen LogP contribution in [0.3, 0.4) is 0 Å². The molecule has 1 atom stereocenters. The number of hydrogen-bond donors (Lipinski definition) is 0. The summed E-state index contributed by atoms with van der Waals surface area (Å²) in [6.07, 6.45) is 4.85. The van der Waals surface area contributed by atoms with E-state index in [1.807, 2.05) is 24.3 Å². The van der Waals surface area contributed by atoms with E-state index in [2.05, 4.69) is 30.9 Å². The first-order chi connectivity index (χ1) is 9.25. The Bertz CT molecular complexity index is 756. The molecule has 2 aromatic heterocycles. The maximum absolute atomic E-state index is 12.5. The number of fused-ring (bicyclic) bond motifs is 1. The molecule has 3 rings (SSSR count). The van der Waals surface area contributed by atoms with Gasteiger partial charge in [-0.25, -0.2) is 14.2 Å². The molecule has 0 aliphatic rings. The van der Waals surface area contributed by atoms with Gasteiger partial charge in [0.25, 0.3) is 0 Å². The third kappa shape index (κ3) is 2.41. The van der Waals surface area contributed by atoms with Gasteiger partial charge in [-0.15, -0.1) is 0 Å². The molecule has 1 aromatic carbocycles. The summed E-state index contributed by atoms with van der Waals surface area (Å²) in [4.78, 5) is 13.1. The van der Waals surface area contributed by atoms with Crippen LogP contribution in [-0.4, -0.2) is 19.2 Å². The largest absolute Gasteiger partial charge is 0.255 e. The molecule has 0 aliphatic heterocycles. The molecule has 19 heavy (non-hydrogen) atoms. The Morgan fingerprint density at radius 1 is 1.00 bits per heavy atom. The van der Waals surface area contributed by atoms with E-state index in [0.717, 1.165) is 15.4 Å². The second-order valence-electron chi connectivity index (χ2n) is 3.78. The summed E-state index contributed by atoms with van der Waals surface area (Å²) >= 11 is 3.25. The minimum atomic E-state index is -1.44. The molecule has 0 bridgehead atoms. The highest BCUT2D eigenvalue weighted by Gasteiger charge is 2.13. The third-order valence-corrected chi connectivity index (χ3v) is 4.24. The van der Waals surface area contributed by atoms with Crippen LogP contribution in [0.15, 0.2) is 63.4 Å². The maximum Gasteiger partial charge on any atom is 0.223 e. The quantitative estimate of drug-likeness (QED) is 0.676. The monoisotopic (exact) mass is 333 g/mol. The Morgan fingerprint density at radius 3 is 2.53 bits per heavy atom. The Labute approximate surface area is 120 Å². The molecule has 0 fully saturated rings. The highest BCUT2D eigenvalue weighted by Crippen LogP contribution is 2.22. The Kier molecular flexibility index (Phi) is 3.35. The zero-order valence-corrected chi connectivity index (χ0v) is 12.1. The second-order valence-corrected chi connectivity index (χ2v) is 6.04. The summed E-state index contributed by atoms with van der Waals surface area (Å²) in [5.74, 6) is 0. The molecule has 1 unspecified atom stereocenters. The zero-order valence-electron chi connectivity index (χ0n) is 9.65. The predicted molar refractivity (Wildman–Crippen MR) is 76.1 cm³/mol. The molecule has 0 aliphatic carbocycles. The van der Waals surface area contributed by atoms with Crippen LogP contribution < -0.4 is 0 Å². The molecule has 94 valence electrons. The van der Waals surface area contributed by atoms with E-state index in [-0.39, 0.29) is 5.16 Å². The van der Waals surface area contributed by atoms with Gasteiger partial charge in [-0.1, -0.05) is 18.2 Å². The molecule has 2 heterocycles. The Morgan fingerprint density at radius 2 is 1.74 bits per heavy atom. The van der Waals surface area contributed by atoms with E-state index in [0.29, 0.717) is 4.90 Å². The topological polar surface area (TPSA) is 55.7 Å². The standard InChI is InChI=1S/C13H8BrN3OS/c14-10-7-16-13(17-8-10)19(18)11-5-1-3-9-4-2-6-15-12(9)11/h1-8H. The lowest BCUT2D eigenvalue weighted by Crippen LogP contribution is -2.00. The molecule has 0 saturated heterocycles. The number of pyridine rings is 1. The number of nitrogens with zero attached hydrogens (tertiary/aromatic N) is 3. The molecule has 0 spiro atoms. The molecule has 0 N–H and O–H groups in total. The number of aromatic nitrogens is 3. The van der Waals surface area contributed by atoms with Gasteiger partial charge in [0, 0.05) is 24.0 Å². The summed E-state index contributed by atoms with van der Waals surface area (Å²) in [5, 5.41) is 1.23. The fourth-order valence-electron chi connectivity index (χ4n) is 1.72.